The predicted molar refractivity (Wildman–Crippen MR) is 56.3 cm³/mol. The van der Waals surface area contributed by atoms with E-state index in [1.165, 1.54) is 0 Å². The number of pyridine rings is 2. The van der Waals surface area contributed by atoms with Crippen molar-refractivity contribution in [3.05, 3.63) is 28.7 Å². The zero-order valence-corrected chi connectivity index (χ0v) is 7.66. The maximum atomic E-state index is 11.5. The maximum Gasteiger partial charge on any atom is 0.259 e. The van der Waals surface area contributed by atoms with Crippen molar-refractivity contribution >= 4 is 22.4 Å². The zero-order chi connectivity index (χ0) is 10.1. The molecule has 2 aromatic rings. The van der Waals surface area contributed by atoms with E-state index < -0.39 is 0 Å². The van der Waals surface area contributed by atoms with E-state index in [9.17, 15) is 4.79 Å². The molecule has 0 amide bonds. The van der Waals surface area contributed by atoms with E-state index in [-0.39, 0.29) is 5.56 Å². The fourth-order valence-corrected chi connectivity index (χ4v) is 1.42. The number of hydrogen-bond donors (Lipinski definition) is 3. The van der Waals surface area contributed by atoms with Gasteiger partial charge in [-0.1, -0.05) is 0 Å². The van der Waals surface area contributed by atoms with Gasteiger partial charge in [0.15, 0.2) is 0 Å². The number of rotatable bonds is 1. The van der Waals surface area contributed by atoms with Gasteiger partial charge in [-0.2, -0.15) is 0 Å². The number of hydrogen-bond acceptors (Lipinski definition) is 4. The van der Waals surface area contributed by atoms with Crippen LogP contribution in [0.5, 0.6) is 0 Å². The van der Waals surface area contributed by atoms with E-state index in [1.807, 2.05) is 0 Å². The summed E-state index contributed by atoms with van der Waals surface area (Å²) in [5.41, 5.74) is 5.42. The molecule has 2 heterocycles. The topological polar surface area (TPSA) is 83.8 Å². The van der Waals surface area contributed by atoms with Crippen LogP contribution in [0.2, 0.25) is 0 Å². The van der Waals surface area contributed by atoms with Crippen molar-refractivity contribution < 1.29 is 0 Å². The molecule has 72 valence electrons. The molecule has 0 unspecified atom stereocenters. The monoisotopic (exact) mass is 190 g/mol. The Kier molecular flexibility index (Phi) is 1.85. The highest BCUT2D eigenvalue weighted by Gasteiger charge is 2.05. The molecule has 0 atom stereocenters. The van der Waals surface area contributed by atoms with Crippen molar-refractivity contribution in [1.29, 1.82) is 0 Å². The highest BCUT2D eigenvalue weighted by molar-refractivity contribution is 5.92. The van der Waals surface area contributed by atoms with Gasteiger partial charge in [0.1, 0.15) is 11.6 Å². The smallest absolute Gasteiger partial charge is 0.259 e. The zero-order valence-electron chi connectivity index (χ0n) is 7.66. The molecule has 14 heavy (non-hydrogen) atoms. The van der Waals surface area contributed by atoms with Crippen molar-refractivity contribution in [2.45, 2.75) is 0 Å². The summed E-state index contributed by atoms with van der Waals surface area (Å²) in [5.74, 6) is 0.898. The third kappa shape index (κ3) is 1.19. The van der Waals surface area contributed by atoms with Crippen LogP contribution in [0.4, 0.5) is 11.6 Å². The molecule has 0 bridgehead atoms. The second kappa shape index (κ2) is 3.02. The van der Waals surface area contributed by atoms with Crippen molar-refractivity contribution in [1.82, 2.24) is 9.97 Å². The first-order valence-corrected chi connectivity index (χ1v) is 4.18. The molecule has 5 heteroatoms. The van der Waals surface area contributed by atoms with E-state index in [2.05, 4.69) is 15.3 Å². The number of aromatic amines is 1. The molecular weight excluding hydrogens is 180 g/mol. The molecule has 0 aliphatic rings. The molecule has 2 rings (SSSR count). The average Bonchev–Trinajstić information content (AvgIpc) is 2.16. The predicted octanol–water partition coefficient (Wildman–Crippen LogP) is 0.547. The first-order chi connectivity index (χ1) is 6.72. The fraction of sp³-hybridized carbons (Fsp3) is 0.111. The van der Waals surface area contributed by atoms with Crippen LogP contribution in [-0.4, -0.2) is 17.0 Å². The minimum Gasteiger partial charge on any atom is -0.384 e. The second-order valence-electron chi connectivity index (χ2n) is 2.92. The molecule has 0 fully saturated rings. The first-order valence-electron chi connectivity index (χ1n) is 4.18. The van der Waals surface area contributed by atoms with Gasteiger partial charge in [-0.15, -0.1) is 0 Å². The molecule has 0 radical (unpaired) electrons. The fourth-order valence-electron chi connectivity index (χ4n) is 1.42. The van der Waals surface area contributed by atoms with Gasteiger partial charge < -0.3 is 16.0 Å². The van der Waals surface area contributed by atoms with Gasteiger partial charge in [0.2, 0.25) is 0 Å². The van der Waals surface area contributed by atoms with Crippen molar-refractivity contribution in [3.8, 4) is 0 Å². The third-order valence-corrected chi connectivity index (χ3v) is 2.01. The molecule has 4 N–H and O–H groups in total. The number of nitrogens with two attached hydrogens (primary N) is 1. The van der Waals surface area contributed by atoms with Crippen LogP contribution in [0.15, 0.2) is 23.1 Å². The summed E-state index contributed by atoms with van der Waals surface area (Å²) in [7, 11) is 1.70. The Morgan fingerprint density at radius 2 is 2.36 bits per heavy atom. The Hall–Kier alpha value is -2.04. The lowest BCUT2D eigenvalue weighted by molar-refractivity contribution is 1.25. The summed E-state index contributed by atoms with van der Waals surface area (Å²) in [5, 5.41) is 4.16. The van der Waals surface area contributed by atoms with Crippen LogP contribution < -0.4 is 16.6 Å². The number of nitrogen functional groups attached to an aromatic ring is 1. The molecular formula is C9H10N4O. The van der Waals surface area contributed by atoms with Gasteiger partial charge in [-0.25, -0.2) is 4.98 Å². The SMILES string of the molecule is CNc1nc(N)cc2cc[nH]c(=O)c12. The number of nitrogens with zero attached hydrogens (tertiary/aromatic N) is 1. The standard InChI is InChI=1S/C9H10N4O/c1-11-8-7-5(4-6(10)13-8)2-3-12-9(7)14/h2-4H,1H3,(H,12,14)(H3,10,11,13). The average molecular weight is 190 g/mol. The normalized spacial score (nSPS) is 10.4. The van der Waals surface area contributed by atoms with Crippen LogP contribution in [0.3, 0.4) is 0 Å². The van der Waals surface area contributed by atoms with Crippen LogP contribution in [0.25, 0.3) is 10.8 Å². The van der Waals surface area contributed by atoms with Crippen LogP contribution in [-0.2, 0) is 0 Å². The first kappa shape index (κ1) is 8.55. The van der Waals surface area contributed by atoms with Crippen molar-refractivity contribution in [2.24, 2.45) is 0 Å². The van der Waals surface area contributed by atoms with E-state index >= 15 is 0 Å². The van der Waals surface area contributed by atoms with E-state index in [0.717, 1.165) is 5.39 Å². The second-order valence-corrected chi connectivity index (χ2v) is 2.92. The molecule has 0 spiro atoms. The highest BCUT2D eigenvalue weighted by Crippen LogP contribution is 2.18. The number of H-pyrrole nitrogens is 1. The molecule has 0 aromatic carbocycles. The molecule has 2 aromatic heterocycles. The maximum absolute atomic E-state index is 11.5. The minimum absolute atomic E-state index is 0.167. The molecule has 5 nitrogen and oxygen atoms in total. The highest BCUT2D eigenvalue weighted by atomic mass is 16.1. The number of aromatic nitrogens is 2. The summed E-state index contributed by atoms with van der Waals surface area (Å²) in [6, 6.07) is 3.46. The summed E-state index contributed by atoms with van der Waals surface area (Å²) in [4.78, 5) is 18.1. The van der Waals surface area contributed by atoms with Gasteiger partial charge in [-0.3, -0.25) is 4.79 Å². The van der Waals surface area contributed by atoms with Crippen LogP contribution in [0.1, 0.15) is 0 Å². The van der Waals surface area contributed by atoms with E-state index in [1.54, 1.807) is 25.4 Å². The number of nitrogens with one attached hydrogen (secondary N) is 2. The lowest BCUT2D eigenvalue weighted by Gasteiger charge is -2.04. The van der Waals surface area contributed by atoms with E-state index in [4.69, 9.17) is 5.73 Å². The van der Waals surface area contributed by atoms with Gasteiger partial charge in [-0.05, 0) is 17.5 Å². The van der Waals surface area contributed by atoms with Crippen LogP contribution in [0, 0.1) is 0 Å². The summed E-state index contributed by atoms with van der Waals surface area (Å²) < 4.78 is 0. The molecule has 0 saturated heterocycles. The lowest BCUT2D eigenvalue weighted by Crippen LogP contribution is -2.09. The van der Waals surface area contributed by atoms with Gasteiger partial charge in [0.25, 0.3) is 5.56 Å². The molecule has 0 aliphatic carbocycles. The molecule has 0 saturated carbocycles. The Balaban J connectivity index is 2.96. The minimum atomic E-state index is -0.167. The van der Waals surface area contributed by atoms with E-state index in [0.29, 0.717) is 17.0 Å². The Morgan fingerprint density at radius 3 is 3.07 bits per heavy atom. The largest absolute Gasteiger partial charge is 0.384 e. The summed E-state index contributed by atoms with van der Waals surface area (Å²) >= 11 is 0. The van der Waals surface area contributed by atoms with Gasteiger partial charge in [0, 0.05) is 13.2 Å². The summed E-state index contributed by atoms with van der Waals surface area (Å²) in [6.07, 6.45) is 1.59. The third-order valence-electron chi connectivity index (χ3n) is 2.01. The molecule has 0 aliphatic heterocycles. The van der Waals surface area contributed by atoms with Crippen molar-refractivity contribution in [2.75, 3.05) is 18.1 Å². The Bertz CT molecular complexity index is 532. The Morgan fingerprint density at radius 1 is 1.57 bits per heavy atom. The quantitative estimate of drug-likeness (QED) is 0.613. The number of anilines is 2. The van der Waals surface area contributed by atoms with Crippen LogP contribution >= 0.6 is 0 Å². The summed E-state index contributed by atoms with van der Waals surface area (Å²) in [6.45, 7) is 0. The van der Waals surface area contributed by atoms with Gasteiger partial charge in [0.05, 0.1) is 5.39 Å². The van der Waals surface area contributed by atoms with Crippen molar-refractivity contribution in [3.63, 3.8) is 0 Å². The Labute approximate surface area is 80.0 Å². The lowest BCUT2D eigenvalue weighted by atomic mass is 10.2. The number of fused-ring (bicyclic) bond motifs is 1. The van der Waals surface area contributed by atoms with Gasteiger partial charge >= 0.3 is 0 Å².